The molecule has 0 aliphatic heterocycles. The Hall–Kier alpha value is -2.35. The number of sulfonamides is 1. The van der Waals surface area contributed by atoms with Crippen molar-refractivity contribution in [3.8, 4) is 0 Å². The van der Waals surface area contributed by atoms with E-state index in [0.717, 1.165) is 16.2 Å². The lowest BCUT2D eigenvalue weighted by Crippen LogP contribution is -2.37. The van der Waals surface area contributed by atoms with Crippen LogP contribution >= 0.6 is 0 Å². The molecule has 2 aromatic rings. The van der Waals surface area contributed by atoms with Gasteiger partial charge in [0.15, 0.2) is 0 Å². The van der Waals surface area contributed by atoms with Gasteiger partial charge in [-0.2, -0.15) is 9.40 Å². The third-order valence-corrected chi connectivity index (χ3v) is 4.81. The van der Waals surface area contributed by atoms with E-state index >= 15 is 0 Å². The van der Waals surface area contributed by atoms with Crippen LogP contribution in [0.4, 0.5) is 11.4 Å². The third-order valence-electron chi connectivity index (χ3n) is 3.80. The van der Waals surface area contributed by atoms with Gasteiger partial charge < -0.3 is 4.90 Å². The van der Waals surface area contributed by atoms with E-state index in [1.165, 1.54) is 0 Å². The molecule has 0 aliphatic rings. The summed E-state index contributed by atoms with van der Waals surface area (Å²) >= 11 is 0. The zero-order valence-corrected chi connectivity index (χ0v) is 15.5. The molecular formula is C16H22N4O3S. The molecule has 7 nitrogen and oxygen atoms in total. The van der Waals surface area contributed by atoms with Gasteiger partial charge >= 0.3 is 0 Å². The topological polar surface area (TPSA) is 75.5 Å². The number of hydrogen-bond donors (Lipinski definition) is 0. The second-order valence-corrected chi connectivity index (χ2v) is 7.75. The average Bonchev–Trinajstić information content (AvgIpc) is 2.72. The third kappa shape index (κ3) is 3.28. The number of benzene rings is 1. The number of nitrogens with zero attached hydrogens (tertiary/aromatic N) is 4. The summed E-state index contributed by atoms with van der Waals surface area (Å²) in [5.41, 5.74) is 2.51. The minimum absolute atomic E-state index is 0.300. The summed E-state index contributed by atoms with van der Waals surface area (Å²) in [6.45, 7) is 3.42. The van der Waals surface area contributed by atoms with Crippen LogP contribution in [0.1, 0.15) is 21.7 Å². The summed E-state index contributed by atoms with van der Waals surface area (Å²) in [7, 11) is 1.61. The lowest BCUT2D eigenvalue weighted by atomic mass is 10.1. The van der Waals surface area contributed by atoms with Crippen LogP contribution in [0, 0.1) is 13.8 Å². The first kappa shape index (κ1) is 18.0. The Morgan fingerprint density at radius 3 is 2.29 bits per heavy atom. The number of hydrogen-bond acceptors (Lipinski definition) is 5. The van der Waals surface area contributed by atoms with E-state index < -0.39 is 15.9 Å². The number of aryl methyl sites for hydroxylation is 2. The first-order valence-corrected chi connectivity index (χ1v) is 9.21. The van der Waals surface area contributed by atoms with Crippen molar-refractivity contribution in [1.82, 2.24) is 9.78 Å². The minimum Gasteiger partial charge on any atom is -0.378 e. The SMILES string of the molecule is Cc1nn(C)c(C)c1N(C(=O)c1cccc(N(C)C)c1)S(C)(=O)=O. The summed E-state index contributed by atoms with van der Waals surface area (Å²) < 4.78 is 27.1. The molecule has 24 heavy (non-hydrogen) atoms. The van der Waals surface area contributed by atoms with E-state index in [1.807, 2.05) is 25.1 Å². The molecule has 0 saturated heterocycles. The monoisotopic (exact) mass is 350 g/mol. The molecule has 1 aromatic heterocycles. The van der Waals surface area contributed by atoms with Gasteiger partial charge in [0.25, 0.3) is 5.91 Å². The van der Waals surface area contributed by atoms with Gasteiger partial charge in [-0.3, -0.25) is 9.48 Å². The first-order valence-electron chi connectivity index (χ1n) is 7.36. The fourth-order valence-corrected chi connectivity index (χ4v) is 3.51. The van der Waals surface area contributed by atoms with Gasteiger partial charge in [0.1, 0.15) is 5.69 Å². The van der Waals surface area contributed by atoms with Crippen LogP contribution in [0.25, 0.3) is 0 Å². The Kier molecular flexibility index (Phi) is 4.70. The second-order valence-electron chi connectivity index (χ2n) is 5.92. The first-order chi connectivity index (χ1) is 11.0. The molecule has 1 amide bonds. The number of amides is 1. The number of carbonyl (C=O) groups is 1. The van der Waals surface area contributed by atoms with Crippen molar-refractivity contribution in [2.45, 2.75) is 13.8 Å². The van der Waals surface area contributed by atoms with Crippen LogP contribution in [-0.4, -0.2) is 44.5 Å². The number of aromatic nitrogens is 2. The average molecular weight is 350 g/mol. The molecule has 130 valence electrons. The van der Waals surface area contributed by atoms with Crippen LogP contribution in [0.3, 0.4) is 0 Å². The van der Waals surface area contributed by atoms with E-state index in [0.29, 0.717) is 22.6 Å². The highest BCUT2D eigenvalue weighted by atomic mass is 32.2. The maximum absolute atomic E-state index is 13.0. The summed E-state index contributed by atoms with van der Waals surface area (Å²) in [6.07, 6.45) is 1.02. The minimum atomic E-state index is -3.81. The fraction of sp³-hybridized carbons (Fsp3) is 0.375. The number of anilines is 2. The van der Waals surface area contributed by atoms with E-state index in [2.05, 4.69) is 5.10 Å². The molecule has 0 atom stereocenters. The van der Waals surface area contributed by atoms with Gasteiger partial charge in [0, 0.05) is 32.4 Å². The van der Waals surface area contributed by atoms with Crippen molar-refractivity contribution in [3.63, 3.8) is 0 Å². The van der Waals surface area contributed by atoms with Gasteiger partial charge in [-0.05, 0) is 32.0 Å². The smallest absolute Gasteiger partial charge is 0.272 e. The second kappa shape index (κ2) is 6.27. The van der Waals surface area contributed by atoms with Crippen molar-refractivity contribution in [2.24, 2.45) is 7.05 Å². The van der Waals surface area contributed by atoms with Crippen molar-refractivity contribution >= 4 is 27.3 Å². The zero-order chi connectivity index (χ0) is 18.2. The molecule has 1 aromatic carbocycles. The standard InChI is InChI=1S/C16H22N4O3S/c1-11-15(12(2)19(5)17-11)20(24(6,22)23)16(21)13-8-7-9-14(10-13)18(3)4/h7-10H,1-6H3. The predicted octanol–water partition coefficient (Wildman–Crippen LogP) is 1.71. The molecule has 1 heterocycles. The number of rotatable bonds is 4. The number of carbonyl (C=O) groups excluding carboxylic acids is 1. The van der Waals surface area contributed by atoms with Crippen molar-refractivity contribution in [2.75, 3.05) is 29.6 Å². The molecule has 2 rings (SSSR count). The summed E-state index contributed by atoms with van der Waals surface area (Å²) in [5, 5.41) is 4.22. The normalized spacial score (nSPS) is 11.4. The molecule has 0 aliphatic carbocycles. The summed E-state index contributed by atoms with van der Waals surface area (Å²) in [6, 6.07) is 6.85. The molecule has 0 fully saturated rings. The van der Waals surface area contributed by atoms with Gasteiger partial charge in [0.05, 0.1) is 17.6 Å². The van der Waals surface area contributed by atoms with E-state index in [1.54, 1.807) is 43.8 Å². The predicted molar refractivity (Wildman–Crippen MR) is 95.1 cm³/mol. The van der Waals surface area contributed by atoms with Crippen LogP contribution < -0.4 is 9.21 Å². The molecule has 0 unspecified atom stereocenters. The zero-order valence-electron chi connectivity index (χ0n) is 14.7. The maximum Gasteiger partial charge on any atom is 0.272 e. The van der Waals surface area contributed by atoms with Crippen LogP contribution in [0.15, 0.2) is 24.3 Å². The summed E-state index contributed by atoms with van der Waals surface area (Å²) in [5.74, 6) is -0.597. The van der Waals surface area contributed by atoms with E-state index in [-0.39, 0.29) is 0 Å². The van der Waals surface area contributed by atoms with E-state index in [4.69, 9.17) is 0 Å². The lowest BCUT2D eigenvalue weighted by molar-refractivity contribution is 0.101. The highest BCUT2D eigenvalue weighted by Gasteiger charge is 2.31. The van der Waals surface area contributed by atoms with E-state index in [9.17, 15) is 13.2 Å². The molecule has 0 spiro atoms. The van der Waals surface area contributed by atoms with Crippen molar-refractivity contribution in [1.29, 1.82) is 0 Å². The molecular weight excluding hydrogens is 328 g/mol. The molecule has 0 radical (unpaired) electrons. The van der Waals surface area contributed by atoms with Gasteiger partial charge in [-0.25, -0.2) is 8.42 Å². The Balaban J connectivity index is 2.62. The van der Waals surface area contributed by atoms with Gasteiger partial charge in [0.2, 0.25) is 10.0 Å². The van der Waals surface area contributed by atoms with Crippen LogP contribution in [0.2, 0.25) is 0 Å². The highest BCUT2D eigenvalue weighted by molar-refractivity contribution is 7.92. The Morgan fingerprint density at radius 1 is 1.21 bits per heavy atom. The fourth-order valence-electron chi connectivity index (χ4n) is 2.51. The molecule has 0 bridgehead atoms. The van der Waals surface area contributed by atoms with Crippen LogP contribution in [0.5, 0.6) is 0 Å². The Bertz CT molecular complexity index is 885. The largest absolute Gasteiger partial charge is 0.378 e. The molecule has 0 saturated carbocycles. The van der Waals surface area contributed by atoms with Crippen molar-refractivity contribution < 1.29 is 13.2 Å². The van der Waals surface area contributed by atoms with Gasteiger partial charge in [-0.1, -0.05) is 6.07 Å². The summed E-state index contributed by atoms with van der Waals surface area (Å²) in [4.78, 5) is 14.8. The Morgan fingerprint density at radius 2 is 1.83 bits per heavy atom. The maximum atomic E-state index is 13.0. The van der Waals surface area contributed by atoms with Crippen LogP contribution in [-0.2, 0) is 17.1 Å². The van der Waals surface area contributed by atoms with Crippen molar-refractivity contribution in [3.05, 3.63) is 41.2 Å². The Labute approximate surface area is 142 Å². The quantitative estimate of drug-likeness (QED) is 0.839. The molecule has 8 heteroatoms. The highest BCUT2D eigenvalue weighted by Crippen LogP contribution is 2.28. The lowest BCUT2D eigenvalue weighted by Gasteiger charge is -2.21. The van der Waals surface area contributed by atoms with Gasteiger partial charge in [-0.15, -0.1) is 0 Å². The molecule has 0 N–H and O–H groups in total.